The minimum Gasteiger partial charge on any atom is -0.467 e. The zero-order chi connectivity index (χ0) is 18.7. The summed E-state index contributed by atoms with van der Waals surface area (Å²) in [6, 6.07) is 6.45. The number of halogens is 4. The number of aromatic nitrogens is 2. The quantitative estimate of drug-likeness (QED) is 0.592. The lowest BCUT2D eigenvalue weighted by Gasteiger charge is -2.14. The van der Waals surface area contributed by atoms with E-state index in [0.29, 0.717) is 18.1 Å². The zero-order valence-electron chi connectivity index (χ0n) is 13.1. The molecule has 26 heavy (non-hydrogen) atoms. The molecular formula is C16H13ClF3N5O. The molecule has 4 N–H and O–H groups in total. The van der Waals surface area contributed by atoms with E-state index in [-0.39, 0.29) is 22.2 Å². The first-order valence-electron chi connectivity index (χ1n) is 7.35. The fourth-order valence-electron chi connectivity index (χ4n) is 2.15. The number of hydrogen-bond donors (Lipinski definition) is 3. The van der Waals surface area contributed by atoms with Gasteiger partial charge in [-0.25, -0.2) is 9.97 Å². The SMILES string of the molecule is Nc1c(NCc2ccco2)ncnc1Nc1cc(C(F)(F)F)ccc1Cl. The number of nitrogens with zero attached hydrogens (tertiary/aromatic N) is 2. The maximum Gasteiger partial charge on any atom is 0.416 e. The molecule has 0 saturated carbocycles. The highest BCUT2D eigenvalue weighted by Crippen LogP contribution is 2.36. The topological polar surface area (TPSA) is 89.0 Å². The molecule has 0 aliphatic heterocycles. The van der Waals surface area contributed by atoms with Gasteiger partial charge in [0.2, 0.25) is 0 Å². The summed E-state index contributed by atoms with van der Waals surface area (Å²) in [6.07, 6.45) is -1.73. The average molecular weight is 384 g/mol. The number of alkyl halides is 3. The molecule has 2 aromatic heterocycles. The standard InChI is InChI=1S/C16H13ClF3N5O/c17-11-4-3-9(16(18,19)20)6-12(11)25-15-13(21)14(23-8-24-15)22-7-10-2-1-5-26-10/h1-6,8H,7,21H2,(H2,22,23,24,25). The van der Waals surface area contributed by atoms with Crippen LogP contribution in [0.1, 0.15) is 11.3 Å². The number of rotatable bonds is 5. The first-order chi connectivity index (χ1) is 12.3. The van der Waals surface area contributed by atoms with Crippen LogP contribution in [0.5, 0.6) is 0 Å². The lowest BCUT2D eigenvalue weighted by molar-refractivity contribution is -0.137. The Hall–Kier alpha value is -2.94. The average Bonchev–Trinajstić information content (AvgIpc) is 3.10. The summed E-state index contributed by atoms with van der Waals surface area (Å²) in [7, 11) is 0. The molecule has 0 amide bonds. The number of hydrogen-bond acceptors (Lipinski definition) is 6. The van der Waals surface area contributed by atoms with Gasteiger partial charge in [0, 0.05) is 0 Å². The number of anilines is 4. The zero-order valence-corrected chi connectivity index (χ0v) is 13.9. The van der Waals surface area contributed by atoms with Crippen LogP contribution < -0.4 is 16.4 Å². The fourth-order valence-corrected chi connectivity index (χ4v) is 2.31. The number of nitrogens with one attached hydrogen (secondary N) is 2. The summed E-state index contributed by atoms with van der Waals surface area (Å²) in [5.41, 5.74) is 5.32. The first-order valence-corrected chi connectivity index (χ1v) is 7.73. The van der Waals surface area contributed by atoms with Crippen molar-refractivity contribution in [2.45, 2.75) is 12.7 Å². The number of furan rings is 1. The normalized spacial score (nSPS) is 11.4. The van der Waals surface area contributed by atoms with Crippen LogP contribution >= 0.6 is 11.6 Å². The molecule has 0 bridgehead atoms. The maximum absolute atomic E-state index is 12.9. The molecule has 3 aromatic rings. The third kappa shape index (κ3) is 3.99. The Balaban J connectivity index is 1.83. The molecule has 0 saturated heterocycles. The van der Waals surface area contributed by atoms with Crippen molar-refractivity contribution >= 4 is 34.6 Å². The number of nitrogens with two attached hydrogens (primary N) is 1. The predicted octanol–water partition coefficient (Wildman–Crippen LogP) is 4.68. The van der Waals surface area contributed by atoms with E-state index in [1.165, 1.54) is 12.6 Å². The number of nitrogen functional groups attached to an aromatic ring is 1. The van der Waals surface area contributed by atoms with E-state index >= 15 is 0 Å². The van der Waals surface area contributed by atoms with Crippen molar-refractivity contribution in [3.8, 4) is 0 Å². The maximum atomic E-state index is 12.9. The van der Waals surface area contributed by atoms with Gasteiger partial charge in [0.1, 0.15) is 17.8 Å². The third-order valence-corrected chi connectivity index (χ3v) is 3.77. The van der Waals surface area contributed by atoms with E-state index in [1.807, 2.05) is 0 Å². The highest BCUT2D eigenvalue weighted by Gasteiger charge is 2.31. The fraction of sp³-hybridized carbons (Fsp3) is 0.125. The second kappa shape index (κ2) is 7.12. The van der Waals surface area contributed by atoms with Crippen LogP contribution in [-0.2, 0) is 12.7 Å². The van der Waals surface area contributed by atoms with Crippen molar-refractivity contribution < 1.29 is 17.6 Å². The van der Waals surface area contributed by atoms with Crippen LogP contribution in [0.4, 0.5) is 36.2 Å². The van der Waals surface area contributed by atoms with Crippen LogP contribution in [0.2, 0.25) is 5.02 Å². The van der Waals surface area contributed by atoms with Gasteiger partial charge in [-0.2, -0.15) is 13.2 Å². The van der Waals surface area contributed by atoms with Crippen molar-refractivity contribution in [1.29, 1.82) is 0 Å². The Morgan fingerprint density at radius 3 is 2.62 bits per heavy atom. The lowest BCUT2D eigenvalue weighted by Crippen LogP contribution is -2.09. The molecule has 0 fully saturated rings. The molecule has 0 atom stereocenters. The van der Waals surface area contributed by atoms with Crippen molar-refractivity contribution in [3.05, 3.63) is 59.3 Å². The van der Waals surface area contributed by atoms with Crippen LogP contribution in [0.3, 0.4) is 0 Å². The summed E-state index contributed by atoms with van der Waals surface area (Å²) in [4.78, 5) is 7.98. The first kappa shape index (κ1) is 17.9. The Morgan fingerprint density at radius 2 is 1.92 bits per heavy atom. The molecule has 0 aliphatic rings. The Labute approximate surface area is 151 Å². The molecule has 0 spiro atoms. The van der Waals surface area contributed by atoms with Crippen molar-refractivity contribution in [3.63, 3.8) is 0 Å². The highest BCUT2D eigenvalue weighted by atomic mass is 35.5. The van der Waals surface area contributed by atoms with Crippen molar-refractivity contribution in [1.82, 2.24) is 9.97 Å². The van der Waals surface area contributed by atoms with Crippen LogP contribution in [0.15, 0.2) is 47.3 Å². The molecule has 0 radical (unpaired) electrons. The van der Waals surface area contributed by atoms with Crippen molar-refractivity contribution in [2.24, 2.45) is 0 Å². The van der Waals surface area contributed by atoms with E-state index in [2.05, 4.69) is 20.6 Å². The van der Waals surface area contributed by atoms with E-state index in [0.717, 1.165) is 18.2 Å². The monoisotopic (exact) mass is 383 g/mol. The second-order valence-corrected chi connectivity index (χ2v) is 5.64. The van der Waals surface area contributed by atoms with Gasteiger partial charge in [0.15, 0.2) is 11.6 Å². The van der Waals surface area contributed by atoms with Gasteiger partial charge < -0.3 is 20.8 Å². The molecule has 10 heteroatoms. The summed E-state index contributed by atoms with van der Waals surface area (Å²) >= 11 is 5.97. The number of benzene rings is 1. The van der Waals surface area contributed by atoms with Gasteiger partial charge in [0.05, 0.1) is 29.1 Å². The summed E-state index contributed by atoms with van der Waals surface area (Å²) in [5.74, 6) is 1.10. The molecule has 0 unspecified atom stereocenters. The molecular weight excluding hydrogens is 371 g/mol. The van der Waals surface area contributed by atoms with Gasteiger partial charge >= 0.3 is 6.18 Å². The van der Waals surface area contributed by atoms with Gasteiger partial charge in [-0.15, -0.1) is 0 Å². The smallest absolute Gasteiger partial charge is 0.416 e. The molecule has 3 rings (SSSR count). The van der Waals surface area contributed by atoms with Gasteiger partial charge in [-0.3, -0.25) is 0 Å². The summed E-state index contributed by atoms with van der Waals surface area (Å²) in [6.45, 7) is 0.331. The predicted molar refractivity (Wildman–Crippen MR) is 92.2 cm³/mol. The van der Waals surface area contributed by atoms with Gasteiger partial charge in [-0.05, 0) is 30.3 Å². The van der Waals surface area contributed by atoms with E-state index in [4.69, 9.17) is 21.8 Å². The molecule has 1 aromatic carbocycles. The molecule has 6 nitrogen and oxygen atoms in total. The molecule has 0 aliphatic carbocycles. The Kier molecular flexibility index (Phi) is 4.90. The van der Waals surface area contributed by atoms with Gasteiger partial charge in [-0.1, -0.05) is 11.6 Å². The van der Waals surface area contributed by atoms with E-state index in [9.17, 15) is 13.2 Å². The highest BCUT2D eigenvalue weighted by molar-refractivity contribution is 6.33. The van der Waals surface area contributed by atoms with Crippen LogP contribution in [0, 0.1) is 0 Å². The third-order valence-electron chi connectivity index (χ3n) is 3.44. The minimum atomic E-state index is -4.49. The van der Waals surface area contributed by atoms with E-state index in [1.54, 1.807) is 12.1 Å². The molecule has 2 heterocycles. The minimum absolute atomic E-state index is 0.0314. The van der Waals surface area contributed by atoms with Crippen LogP contribution in [0.25, 0.3) is 0 Å². The summed E-state index contributed by atoms with van der Waals surface area (Å²) < 4.78 is 43.8. The Morgan fingerprint density at radius 1 is 1.15 bits per heavy atom. The lowest BCUT2D eigenvalue weighted by atomic mass is 10.2. The van der Waals surface area contributed by atoms with Crippen LogP contribution in [-0.4, -0.2) is 9.97 Å². The van der Waals surface area contributed by atoms with Gasteiger partial charge in [0.25, 0.3) is 0 Å². The second-order valence-electron chi connectivity index (χ2n) is 5.23. The molecule has 136 valence electrons. The van der Waals surface area contributed by atoms with E-state index < -0.39 is 11.7 Å². The largest absolute Gasteiger partial charge is 0.467 e. The Bertz CT molecular complexity index is 899. The summed E-state index contributed by atoms with van der Waals surface area (Å²) in [5, 5.41) is 5.78. The van der Waals surface area contributed by atoms with Crippen molar-refractivity contribution in [2.75, 3.05) is 16.4 Å².